The quantitative estimate of drug-likeness (QED) is 0.531. The number of hydrogen-bond acceptors (Lipinski definition) is 2. The Balaban J connectivity index is 0.000000128. The molecule has 0 saturated carbocycles. The molecule has 0 unspecified atom stereocenters. The number of phenolic OH excluding ortho intramolecular Hbond substituents is 1. The normalized spacial score (nSPS) is 12.5. The van der Waals surface area contributed by atoms with Crippen LogP contribution in [-0.4, -0.2) is 17.6 Å². The second kappa shape index (κ2) is 3.61. The maximum atomic E-state index is 9.44. The highest BCUT2D eigenvalue weighted by Gasteiger charge is 2.10. The van der Waals surface area contributed by atoms with Crippen LogP contribution in [0.15, 0.2) is 30.3 Å². The van der Waals surface area contributed by atoms with Crippen molar-refractivity contribution in [1.29, 1.82) is 0 Å². The maximum Gasteiger partial charge on any atom is 0.239 e. The van der Waals surface area contributed by atoms with Crippen molar-refractivity contribution in [1.82, 2.24) is 5.32 Å². The van der Waals surface area contributed by atoms with Crippen LogP contribution >= 0.6 is 0 Å². The predicted octanol–water partition coefficient (Wildman–Crippen LogP) is 0.508. The van der Waals surface area contributed by atoms with E-state index in [4.69, 9.17) is 5.11 Å². The van der Waals surface area contributed by atoms with Gasteiger partial charge in [0.1, 0.15) is 5.75 Å². The van der Waals surface area contributed by atoms with Crippen LogP contribution in [0.1, 0.15) is 0 Å². The molecule has 0 bridgehead atoms. The highest BCUT2D eigenvalue weighted by atomic mass is 16.3. The smallest absolute Gasteiger partial charge is 0.239 e. The number of aromatic hydroxyl groups is 1. The third-order valence-electron chi connectivity index (χ3n) is 1.08. The molecule has 11 heavy (non-hydrogen) atoms. The Kier molecular flexibility index (Phi) is 2.49. The van der Waals surface area contributed by atoms with Gasteiger partial charge in [0, 0.05) is 0 Å². The molecule has 1 saturated heterocycles. The van der Waals surface area contributed by atoms with Crippen LogP contribution < -0.4 is 5.32 Å². The van der Waals surface area contributed by atoms with Gasteiger partial charge in [0.2, 0.25) is 5.91 Å². The van der Waals surface area contributed by atoms with Crippen molar-refractivity contribution in [2.45, 2.75) is 0 Å². The second-order valence-corrected chi connectivity index (χ2v) is 2.11. The molecule has 1 aliphatic heterocycles. The first-order valence-corrected chi connectivity index (χ1v) is 3.30. The molecule has 1 aromatic carbocycles. The first-order chi connectivity index (χ1) is 5.29. The molecule has 1 aliphatic rings. The monoisotopic (exact) mass is 151 g/mol. The van der Waals surface area contributed by atoms with E-state index in [0.717, 1.165) is 0 Å². The van der Waals surface area contributed by atoms with Gasteiger partial charge < -0.3 is 10.4 Å². The Morgan fingerprint density at radius 1 is 1.27 bits per heavy atom. The van der Waals surface area contributed by atoms with E-state index in [0.29, 0.717) is 12.3 Å². The molecule has 2 rings (SSSR count). The van der Waals surface area contributed by atoms with Gasteiger partial charge in [-0.3, -0.25) is 4.79 Å². The van der Waals surface area contributed by atoms with E-state index in [2.05, 4.69) is 5.32 Å². The molecule has 1 fully saturated rings. The average Bonchev–Trinajstić information content (AvgIpc) is 2.75. The number of carbonyl (C=O) groups is 1. The summed E-state index contributed by atoms with van der Waals surface area (Å²) in [6.45, 7) is 0.597. The summed E-state index contributed by atoms with van der Waals surface area (Å²) in [6.07, 6.45) is 0. The summed E-state index contributed by atoms with van der Waals surface area (Å²) < 4.78 is 0. The molecule has 2 N–H and O–H groups in total. The molecular formula is C8H9NO2. The highest BCUT2D eigenvalue weighted by molar-refractivity contribution is 5.91. The molecular weight excluding hydrogens is 142 g/mol. The van der Waals surface area contributed by atoms with Gasteiger partial charge >= 0.3 is 0 Å². The number of carbonyl (C=O) groups excluding carboxylic acids is 1. The number of rotatable bonds is 0. The number of hydrogen-bond donors (Lipinski definition) is 2. The zero-order valence-corrected chi connectivity index (χ0v) is 5.95. The van der Waals surface area contributed by atoms with Gasteiger partial charge in [-0.2, -0.15) is 0 Å². The Morgan fingerprint density at radius 3 is 1.91 bits per heavy atom. The van der Waals surface area contributed by atoms with Gasteiger partial charge in [0.25, 0.3) is 0 Å². The minimum absolute atomic E-state index is 0.167. The molecule has 0 spiro atoms. The van der Waals surface area contributed by atoms with E-state index in [9.17, 15) is 4.79 Å². The lowest BCUT2D eigenvalue weighted by Crippen LogP contribution is -1.66. The summed E-state index contributed by atoms with van der Waals surface area (Å²) in [5.74, 6) is 0.488. The fraction of sp³-hybridized carbons (Fsp3) is 0.125. The summed E-state index contributed by atoms with van der Waals surface area (Å²) in [5.41, 5.74) is 0. The van der Waals surface area contributed by atoms with Crippen LogP contribution in [0.4, 0.5) is 0 Å². The van der Waals surface area contributed by atoms with E-state index >= 15 is 0 Å². The summed E-state index contributed by atoms with van der Waals surface area (Å²) in [7, 11) is 0. The Hall–Kier alpha value is -1.51. The van der Waals surface area contributed by atoms with E-state index in [1.807, 2.05) is 6.07 Å². The van der Waals surface area contributed by atoms with Crippen LogP contribution in [0.2, 0.25) is 0 Å². The minimum atomic E-state index is 0.167. The standard InChI is InChI=1S/C6H6O.C2H3NO/c7-6-4-2-1-3-5-6;4-2-1-3-2/h1-5,7H;1H2,(H,3,4). The average molecular weight is 151 g/mol. The van der Waals surface area contributed by atoms with Gasteiger partial charge in [-0.15, -0.1) is 0 Å². The van der Waals surface area contributed by atoms with Gasteiger partial charge in [-0.05, 0) is 12.1 Å². The molecule has 0 aromatic heterocycles. The van der Waals surface area contributed by atoms with Crippen molar-refractivity contribution in [3.63, 3.8) is 0 Å². The first kappa shape index (κ1) is 7.60. The highest BCUT2D eigenvalue weighted by Crippen LogP contribution is 2.02. The summed E-state index contributed by atoms with van der Waals surface area (Å²) in [6, 6.07) is 8.71. The zero-order valence-electron chi connectivity index (χ0n) is 5.95. The number of phenols is 1. The van der Waals surface area contributed by atoms with Crippen molar-refractivity contribution in [2.24, 2.45) is 0 Å². The summed E-state index contributed by atoms with van der Waals surface area (Å²) in [5, 5.41) is 11.1. The van der Waals surface area contributed by atoms with Crippen molar-refractivity contribution in [3.8, 4) is 5.75 Å². The maximum absolute atomic E-state index is 9.44. The molecule has 1 heterocycles. The van der Waals surface area contributed by atoms with Crippen LogP contribution in [0.5, 0.6) is 5.75 Å². The fourth-order valence-electron chi connectivity index (χ4n) is 0.464. The van der Waals surface area contributed by atoms with Crippen molar-refractivity contribution in [3.05, 3.63) is 30.3 Å². The topological polar surface area (TPSA) is 59.2 Å². The summed E-state index contributed by atoms with van der Waals surface area (Å²) in [4.78, 5) is 9.44. The van der Waals surface area contributed by atoms with E-state index in [1.165, 1.54) is 0 Å². The van der Waals surface area contributed by atoms with Gasteiger partial charge in [0.05, 0.1) is 6.54 Å². The summed E-state index contributed by atoms with van der Waals surface area (Å²) >= 11 is 0. The largest absolute Gasteiger partial charge is 0.508 e. The SMILES string of the molecule is O=C1CN1.Oc1ccccc1. The second-order valence-electron chi connectivity index (χ2n) is 2.11. The van der Waals surface area contributed by atoms with Crippen LogP contribution in [0, 0.1) is 0 Å². The molecule has 3 nitrogen and oxygen atoms in total. The number of para-hydroxylation sites is 1. The molecule has 0 atom stereocenters. The Morgan fingerprint density at radius 2 is 1.73 bits per heavy atom. The van der Waals surface area contributed by atoms with Gasteiger partial charge in [0.15, 0.2) is 0 Å². The fourth-order valence-corrected chi connectivity index (χ4v) is 0.464. The van der Waals surface area contributed by atoms with E-state index in [-0.39, 0.29) is 5.91 Å². The first-order valence-electron chi connectivity index (χ1n) is 3.30. The Bertz CT molecular complexity index is 227. The van der Waals surface area contributed by atoms with Crippen LogP contribution in [0.25, 0.3) is 0 Å². The lowest BCUT2D eigenvalue weighted by molar-refractivity contribution is -0.110. The molecule has 0 aliphatic carbocycles. The van der Waals surface area contributed by atoms with Gasteiger partial charge in [-0.25, -0.2) is 0 Å². The number of benzene rings is 1. The van der Waals surface area contributed by atoms with Crippen molar-refractivity contribution in [2.75, 3.05) is 6.54 Å². The molecule has 0 radical (unpaired) electrons. The number of amides is 1. The third kappa shape index (κ3) is 3.97. The van der Waals surface area contributed by atoms with Crippen molar-refractivity contribution < 1.29 is 9.90 Å². The van der Waals surface area contributed by atoms with Gasteiger partial charge in [-0.1, -0.05) is 18.2 Å². The third-order valence-corrected chi connectivity index (χ3v) is 1.08. The molecule has 1 aromatic rings. The Labute approximate surface area is 64.7 Å². The lowest BCUT2D eigenvalue weighted by atomic mass is 10.3. The number of nitrogens with one attached hydrogen (secondary N) is 1. The van der Waals surface area contributed by atoms with E-state index < -0.39 is 0 Å². The molecule has 3 heteroatoms. The lowest BCUT2D eigenvalue weighted by Gasteiger charge is -1.82. The van der Waals surface area contributed by atoms with Crippen LogP contribution in [0.3, 0.4) is 0 Å². The predicted molar refractivity (Wildman–Crippen MR) is 41.1 cm³/mol. The molecule has 1 amide bonds. The zero-order chi connectivity index (χ0) is 8.10. The molecule has 58 valence electrons. The van der Waals surface area contributed by atoms with Crippen LogP contribution in [-0.2, 0) is 4.79 Å². The van der Waals surface area contributed by atoms with Crippen molar-refractivity contribution >= 4 is 5.91 Å². The van der Waals surface area contributed by atoms with E-state index in [1.54, 1.807) is 24.3 Å². The minimum Gasteiger partial charge on any atom is -0.508 e.